The van der Waals surface area contributed by atoms with Gasteiger partial charge in [-0.25, -0.2) is 4.79 Å². The molecule has 0 aromatic heterocycles. The first-order valence-electron chi connectivity index (χ1n) is 8.92. The molecule has 2 aromatic carbocycles. The largest absolute Gasteiger partial charge is 0.494 e. The molecular formula is C22H23NO5. The first-order chi connectivity index (χ1) is 13.4. The van der Waals surface area contributed by atoms with Gasteiger partial charge in [-0.1, -0.05) is 24.3 Å². The van der Waals surface area contributed by atoms with Crippen LogP contribution in [-0.2, 0) is 14.3 Å². The molecule has 0 heterocycles. The van der Waals surface area contributed by atoms with Crippen LogP contribution in [-0.4, -0.2) is 30.4 Å². The van der Waals surface area contributed by atoms with Crippen molar-refractivity contribution in [1.29, 1.82) is 0 Å². The molecule has 0 bridgehead atoms. The third kappa shape index (κ3) is 6.39. The summed E-state index contributed by atoms with van der Waals surface area (Å²) in [5, 5.41) is 2.63. The summed E-state index contributed by atoms with van der Waals surface area (Å²) in [6, 6.07) is 13.8. The summed E-state index contributed by atoms with van der Waals surface area (Å²) < 4.78 is 10.5. The van der Waals surface area contributed by atoms with E-state index in [1.54, 1.807) is 42.5 Å². The molecule has 0 aliphatic carbocycles. The number of carbonyl (C=O) groups excluding carboxylic acids is 3. The number of ether oxygens (including phenoxy) is 2. The van der Waals surface area contributed by atoms with Crippen LogP contribution in [0, 0.1) is 0 Å². The van der Waals surface area contributed by atoms with Crippen LogP contribution in [0.3, 0.4) is 0 Å². The van der Waals surface area contributed by atoms with E-state index in [-0.39, 0.29) is 5.78 Å². The summed E-state index contributed by atoms with van der Waals surface area (Å²) in [6.45, 7) is 5.41. The van der Waals surface area contributed by atoms with Crippen LogP contribution in [0.4, 0.5) is 5.69 Å². The Morgan fingerprint density at radius 2 is 1.82 bits per heavy atom. The van der Waals surface area contributed by atoms with E-state index >= 15 is 0 Å². The van der Waals surface area contributed by atoms with Crippen LogP contribution in [0.5, 0.6) is 5.75 Å². The third-order valence-corrected chi connectivity index (χ3v) is 3.80. The van der Waals surface area contributed by atoms with E-state index in [1.807, 2.05) is 19.1 Å². The second kappa shape index (κ2) is 10.1. The van der Waals surface area contributed by atoms with Gasteiger partial charge in [0.1, 0.15) is 5.75 Å². The molecule has 1 N–H and O–H groups in total. The normalized spacial score (nSPS) is 11.7. The number of anilines is 1. The van der Waals surface area contributed by atoms with Gasteiger partial charge in [0, 0.05) is 17.3 Å². The highest BCUT2D eigenvalue weighted by Gasteiger charge is 2.17. The maximum Gasteiger partial charge on any atom is 0.331 e. The molecule has 0 fully saturated rings. The van der Waals surface area contributed by atoms with Gasteiger partial charge in [-0.2, -0.15) is 0 Å². The predicted octanol–water partition coefficient (Wildman–Crippen LogP) is 3.87. The highest BCUT2D eigenvalue weighted by molar-refractivity contribution is 5.99. The molecule has 0 spiro atoms. The molecule has 1 amide bonds. The minimum atomic E-state index is -0.988. The third-order valence-electron chi connectivity index (χ3n) is 3.80. The number of hydrogen-bond acceptors (Lipinski definition) is 5. The lowest BCUT2D eigenvalue weighted by Crippen LogP contribution is -2.29. The van der Waals surface area contributed by atoms with Gasteiger partial charge in [0.25, 0.3) is 5.91 Å². The van der Waals surface area contributed by atoms with Crippen LogP contribution in [0.25, 0.3) is 6.08 Å². The van der Waals surface area contributed by atoms with Gasteiger partial charge in [0.2, 0.25) is 0 Å². The lowest BCUT2D eigenvalue weighted by atomic mass is 10.1. The van der Waals surface area contributed by atoms with Gasteiger partial charge in [0.15, 0.2) is 11.9 Å². The lowest BCUT2D eigenvalue weighted by Gasteiger charge is -2.12. The molecule has 0 unspecified atom stereocenters. The molecule has 1 atom stereocenters. The molecule has 0 aliphatic heterocycles. The van der Waals surface area contributed by atoms with E-state index in [9.17, 15) is 14.4 Å². The molecule has 2 aromatic rings. The molecule has 146 valence electrons. The molecule has 0 saturated carbocycles. The van der Waals surface area contributed by atoms with Crippen molar-refractivity contribution in [1.82, 2.24) is 0 Å². The number of amides is 1. The van der Waals surface area contributed by atoms with Crippen LogP contribution in [0.2, 0.25) is 0 Å². The minimum Gasteiger partial charge on any atom is -0.494 e. The Morgan fingerprint density at radius 3 is 2.46 bits per heavy atom. The number of hydrogen-bond donors (Lipinski definition) is 1. The summed E-state index contributed by atoms with van der Waals surface area (Å²) in [4.78, 5) is 35.5. The van der Waals surface area contributed by atoms with E-state index < -0.39 is 18.0 Å². The Labute approximate surface area is 164 Å². The van der Waals surface area contributed by atoms with Crippen molar-refractivity contribution >= 4 is 29.4 Å². The number of rotatable bonds is 8. The second-order valence-corrected chi connectivity index (χ2v) is 6.04. The van der Waals surface area contributed by atoms with E-state index in [0.717, 1.165) is 11.3 Å². The summed E-state index contributed by atoms with van der Waals surface area (Å²) in [5.41, 5.74) is 1.75. The Bertz CT molecular complexity index is 871. The van der Waals surface area contributed by atoms with Crippen molar-refractivity contribution < 1.29 is 23.9 Å². The SMILES string of the molecule is CCOc1ccc(/C=C/C(=O)O[C@H](C)C(=O)Nc2cccc(C(C)=O)c2)cc1. The van der Waals surface area contributed by atoms with Crippen molar-refractivity contribution in [3.63, 3.8) is 0 Å². The average Bonchev–Trinajstić information content (AvgIpc) is 2.67. The first kappa shape index (κ1) is 20.9. The monoisotopic (exact) mass is 381 g/mol. The van der Waals surface area contributed by atoms with Crippen LogP contribution < -0.4 is 10.1 Å². The molecule has 0 radical (unpaired) electrons. The van der Waals surface area contributed by atoms with Crippen molar-refractivity contribution in [2.24, 2.45) is 0 Å². The molecule has 28 heavy (non-hydrogen) atoms. The Balaban J connectivity index is 1.89. The summed E-state index contributed by atoms with van der Waals surface area (Å²) in [5.74, 6) is -0.464. The number of Topliss-reactive ketones (excluding diaryl/α,β-unsaturated/α-hetero) is 1. The Hall–Kier alpha value is -3.41. The molecule has 0 saturated heterocycles. The minimum absolute atomic E-state index is 0.102. The molecule has 0 aliphatic rings. The number of esters is 1. The highest BCUT2D eigenvalue weighted by Crippen LogP contribution is 2.14. The zero-order valence-corrected chi connectivity index (χ0v) is 16.1. The Morgan fingerprint density at radius 1 is 1.11 bits per heavy atom. The smallest absolute Gasteiger partial charge is 0.331 e. The molecule has 2 rings (SSSR count). The molecular weight excluding hydrogens is 358 g/mol. The van der Waals surface area contributed by atoms with Gasteiger partial charge in [-0.05, 0) is 56.7 Å². The van der Waals surface area contributed by atoms with Crippen LogP contribution in [0.1, 0.15) is 36.7 Å². The quantitative estimate of drug-likeness (QED) is 0.426. The van der Waals surface area contributed by atoms with Crippen LogP contribution in [0.15, 0.2) is 54.6 Å². The van der Waals surface area contributed by atoms with Gasteiger partial charge in [-0.3, -0.25) is 9.59 Å². The molecule has 6 heteroatoms. The van der Waals surface area contributed by atoms with E-state index in [4.69, 9.17) is 9.47 Å². The van der Waals surface area contributed by atoms with Gasteiger partial charge >= 0.3 is 5.97 Å². The van der Waals surface area contributed by atoms with E-state index in [0.29, 0.717) is 17.9 Å². The Kier molecular flexibility index (Phi) is 7.51. The highest BCUT2D eigenvalue weighted by atomic mass is 16.5. The summed E-state index contributed by atoms with van der Waals surface area (Å²) in [6.07, 6.45) is 1.87. The van der Waals surface area contributed by atoms with Gasteiger partial charge in [-0.15, -0.1) is 0 Å². The van der Waals surface area contributed by atoms with E-state index in [2.05, 4.69) is 5.32 Å². The standard InChI is InChI=1S/C22H23NO5/c1-4-27-20-11-8-17(9-12-20)10-13-21(25)28-16(3)22(26)23-19-7-5-6-18(14-19)15(2)24/h5-14,16H,4H2,1-3H3,(H,23,26)/b13-10+/t16-/m1/s1. The average molecular weight is 381 g/mol. The fraction of sp³-hybridized carbons (Fsp3) is 0.227. The molecule has 6 nitrogen and oxygen atoms in total. The number of benzene rings is 2. The zero-order valence-electron chi connectivity index (χ0n) is 16.1. The summed E-state index contributed by atoms with van der Waals surface area (Å²) >= 11 is 0. The zero-order chi connectivity index (χ0) is 20.5. The number of ketones is 1. The first-order valence-corrected chi connectivity index (χ1v) is 8.92. The van der Waals surface area contributed by atoms with E-state index in [1.165, 1.54) is 19.9 Å². The van der Waals surface area contributed by atoms with Crippen molar-refractivity contribution in [3.8, 4) is 5.75 Å². The maximum absolute atomic E-state index is 12.2. The number of nitrogens with one attached hydrogen (secondary N) is 1. The van der Waals surface area contributed by atoms with Gasteiger partial charge < -0.3 is 14.8 Å². The topological polar surface area (TPSA) is 81.7 Å². The fourth-order valence-electron chi connectivity index (χ4n) is 2.33. The lowest BCUT2D eigenvalue weighted by molar-refractivity contribution is -0.148. The van der Waals surface area contributed by atoms with Crippen molar-refractivity contribution in [2.45, 2.75) is 26.9 Å². The van der Waals surface area contributed by atoms with Crippen LogP contribution >= 0.6 is 0 Å². The fourth-order valence-corrected chi connectivity index (χ4v) is 2.33. The maximum atomic E-state index is 12.2. The predicted molar refractivity (Wildman–Crippen MR) is 107 cm³/mol. The second-order valence-electron chi connectivity index (χ2n) is 6.04. The number of carbonyl (C=O) groups is 3. The summed E-state index contributed by atoms with van der Waals surface area (Å²) in [7, 11) is 0. The van der Waals surface area contributed by atoms with Crippen molar-refractivity contribution in [3.05, 3.63) is 65.7 Å². The van der Waals surface area contributed by atoms with Gasteiger partial charge in [0.05, 0.1) is 6.61 Å². The van der Waals surface area contributed by atoms with Crippen molar-refractivity contribution in [2.75, 3.05) is 11.9 Å².